The van der Waals surface area contributed by atoms with E-state index in [4.69, 9.17) is 5.11 Å². The van der Waals surface area contributed by atoms with Crippen LogP contribution in [0, 0.1) is 0 Å². The van der Waals surface area contributed by atoms with Crippen LogP contribution in [-0.2, 0) is 29.8 Å². The fourth-order valence-electron chi connectivity index (χ4n) is 1.93. The Kier molecular flexibility index (Phi) is 17.7. The summed E-state index contributed by atoms with van der Waals surface area (Å²) in [5.74, 6) is 0. The summed E-state index contributed by atoms with van der Waals surface area (Å²) < 4.78 is 0. The van der Waals surface area contributed by atoms with E-state index in [0.29, 0.717) is 6.61 Å². The zero-order valence-electron chi connectivity index (χ0n) is 14.2. The van der Waals surface area contributed by atoms with Crippen molar-refractivity contribution in [2.75, 3.05) is 6.61 Å². The van der Waals surface area contributed by atoms with Crippen molar-refractivity contribution in [1.82, 2.24) is 0 Å². The van der Waals surface area contributed by atoms with Gasteiger partial charge in [-0.3, -0.25) is 0 Å². The van der Waals surface area contributed by atoms with E-state index >= 15 is 0 Å². The summed E-state index contributed by atoms with van der Waals surface area (Å²) in [7, 11) is 0. The molecule has 3 aromatic rings. The van der Waals surface area contributed by atoms with Gasteiger partial charge in [-0.25, -0.2) is 12.1 Å². The molecule has 0 aliphatic rings. The second-order valence-electron chi connectivity index (χ2n) is 5.28. The third-order valence-electron chi connectivity index (χ3n) is 2.90. The van der Waals surface area contributed by atoms with E-state index in [9.17, 15) is 0 Å². The van der Waals surface area contributed by atoms with Crippen LogP contribution in [0.25, 0.3) is 10.8 Å². The second kappa shape index (κ2) is 16.3. The molecule has 0 saturated carbocycles. The average Bonchev–Trinajstić information content (AvgIpc) is 3.16. The number of halogens is 2. The SMILES string of the molecule is C[Si](C)=[Zr+2].OCCCc1ccc[cH-]1.[Cl-].[Cl-].c1ccc2[cH-]ccc2c1. The fraction of sp³-hybridized carbons (Fsp3) is 0.263. The first-order valence-electron chi connectivity index (χ1n) is 7.57. The molecule has 0 radical (unpaired) electrons. The minimum atomic E-state index is 0. The van der Waals surface area contributed by atoms with E-state index in [0.717, 1.165) is 12.8 Å². The first-order chi connectivity index (χ1) is 10.6. The molecule has 3 aromatic carbocycles. The van der Waals surface area contributed by atoms with Gasteiger partial charge in [0, 0.05) is 6.61 Å². The molecule has 1 nitrogen and oxygen atoms in total. The number of aryl methyl sites for hydroxylation is 1. The third kappa shape index (κ3) is 12.2. The van der Waals surface area contributed by atoms with Crippen molar-refractivity contribution >= 4 is 16.2 Å². The monoisotopic (exact) mass is 456 g/mol. The fourth-order valence-corrected chi connectivity index (χ4v) is 1.93. The van der Waals surface area contributed by atoms with Crippen LogP contribution in [0.15, 0.2) is 66.7 Å². The van der Waals surface area contributed by atoms with Crippen LogP contribution in [0.5, 0.6) is 0 Å². The molecular formula is C19H24Cl2OSiZr-2. The minimum Gasteiger partial charge on any atom is -1.00 e. The van der Waals surface area contributed by atoms with Crippen molar-refractivity contribution in [2.45, 2.75) is 25.9 Å². The summed E-state index contributed by atoms with van der Waals surface area (Å²) in [5, 5.41) is 11.1. The number of fused-ring (bicyclic) bond motifs is 1. The van der Waals surface area contributed by atoms with Crippen LogP contribution < -0.4 is 24.8 Å². The quantitative estimate of drug-likeness (QED) is 0.382. The van der Waals surface area contributed by atoms with E-state index in [-0.39, 0.29) is 30.2 Å². The predicted octanol–water partition coefficient (Wildman–Crippen LogP) is -1.32. The molecule has 130 valence electrons. The standard InChI is InChI=1S/C9H7.C8H11O.C2H6Si.2ClH.Zr/c1-2-5-9-7-3-6-8(9)4-1;9-7-3-6-8-4-1-2-5-8;1-3-2;;;/h1-7H;1-2,4-5,9H,3,6-7H2;1-2H3;2*1H;/q2*-1;;;;+2/p-2. The van der Waals surface area contributed by atoms with Gasteiger partial charge in [-0.2, -0.15) is 35.2 Å². The van der Waals surface area contributed by atoms with Crippen molar-refractivity contribution in [3.05, 3.63) is 72.3 Å². The van der Waals surface area contributed by atoms with E-state index in [1.807, 2.05) is 12.1 Å². The number of aliphatic hydroxyl groups excluding tert-OH is 1. The molecule has 0 aliphatic heterocycles. The zero-order valence-corrected chi connectivity index (χ0v) is 19.1. The summed E-state index contributed by atoms with van der Waals surface area (Å²) in [4.78, 5) is 0. The molecule has 0 spiro atoms. The molecule has 0 heterocycles. The predicted molar refractivity (Wildman–Crippen MR) is 94.5 cm³/mol. The normalized spacial score (nSPS) is 8.71. The van der Waals surface area contributed by atoms with E-state index < -0.39 is 0 Å². The summed E-state index contributed by atoms with van der Waals surface area (Å²) >= 11 is 1.74. The maximum atomic E-state index is 8.47. The van der Waals surface area contributed by atoms with E-state index in [2.05, 4.69) is 67.7 Å². The molecular weight excluding hydrogens is 434 g/mol. The summed E-state index contributed by atoms with van der Waals surface area (Å²) in [6, 6.07) is 22.9. The van der Waals surface area contributed by atoms with Crippen molar-refractivity contribution < 1.29 is 53.3 Å². The van der Waals surface area contributed by atoms with Gasteiger partial charge in [0.15, 0.2) is 0 Å². The smallest absolute Gasteiger partial charge is 0.0433 e. The molecule has 0 bridgehead atoms. The first kappa shape index (κ1) is 26.1. The van der Waals surface area contributed by atoms with Gasteiger partial charge < -0.3 is 29.9 Å². The largest absolute Gasteiger partial charge is 1.00 e. The van der Waals surface area contributed by atoms with E-state index in [1.54, 1.807) is 23.3 Å². The third-order valence-corrected chi connectivity index (χ3v) is 2.90. The molecule has 0 aliphatic carbocycles. The number of aliphatic hydroxyl groups is 1. The average molecular weight is 459 g/mol. The molecule has 0 atom stereocenters. The molecule has 0 amide bonds. The van der Waals surface area contributed by atoms with Crippen molar-refractivity contribution in [3.63, 3.8) is 0 Å². The van der Waals surface area contributed by atoms with Gasteiger partial charge >= 0.3 is 41.9 Å². The Morgan fingerprint density at radius 2 is 1.62 bits per heavy atom. The van der Waals surface area contributed by atoms with Gasteiger partial charge in [-0.05, 0) is 12.8 Å². The molecule has 1 N–H and O–H groups in total. The van der Waals surface area contributed by atoms with Gasteiger partial charge in [0.1, 0.15) is 0 Å². The Bertz CT molecular complexity index is 616. The van der Waals surface area contributed by atoms with Gasteiger partial charge in [-0.1, -0.05) is 6.07 Å². The first-order valence-corrected chi connectivity index (χ1v) is 13.8. The zero-order chi connectivity index (χ0) is 16.2. The summed E-state index contributed by atoms with van der Waals surface area (Å²) in [5.41, 5.74) is 1.53. The molecule has 0 fully saturated rings. The molecule has 0 aromatic heterocycles. The molecule has 0 unspecified atom stereocenters. The van der Waals surface area contributed by atoms with Crippen molar-refractivity contribution in [3.8, 4) is 0 Å². The maximum Gasteiger partial charge on any atom is 0.0433 e. The van der Waals surface area contributed by atoms with Crippen LogP contribution in [0.2, 0.25) is 13.1 Å². The summed E-state index contributed by atoms with van der Waals surface area (Å²) in [6.07, 6.45) is 1.88. The Balaban J connectivity index is 0. The Hall–Kier alpha value is -0.180. The Morgan fingerprint density at radius 3 is 2.17 bits per heavy atom. The van der Waals surface area contributed by atoms with Crippen molar-refractivity contribution in [2.24, 2.45) is 0 Å². The second-order valence-corrected chi connectivity index (χ2v) is 14.6. The Morgan fingerprint density at radius 1 is 0.958 bits per heavy atom. The van der Waals surface area contributed by atoms with Crippen LogP contribution in [-0.4, -0.2) is 17.1 Å². The number of hydrogen-bond donors (Lipinski definition) is 1. The number of rotatable bonds is 3. The topological polar surface area (TPSA) is 20.2 Å². The summed E-state index contributed by atoms with van der Waals surface area (Å²) in [6.45, 7) is 4.91. The van der Waals surface area contributed by atoms with Gasteiger partial charge in [0.25, 0.3) is 0 Å². The number of benzene rings is 1. The van der Waals surface area contributed by atoms with Gasteiger partial charge in [0.05, 0.1) is 0 Å². The van der Waals surface area contributed by atoms with Crippen LogP contribution >= 0.6 is 0 Å². The van der Waals surface area contributed by atoms with Gasteiger partial charge in [0.2, 0.25) is 0 Å². The molecule has 0 saturated heterocycles. The number of hydrogen-bond acceptors (Lipinski definition) is 1. The van der Waals surface area contributed by atoms with Crippen LogP contribution in [0.4, 0.5) is 0 Å². The molecule has 24 heavy (non-hydrogen) atoms. The van der Waals surface area contributed by atoms with Gasteiger partial charge in [-0.15, -0.1) is 29.7 Å². The molecule has 3 rings (SSSR count). The maximum absolute atomic E-state index is 8.47. The van der Waals surface area contributed by atoms with Crippen LogP contribution in [0.3, 0.4) is 0 Å². The van der Waals surface area contributed by atoms with E-state index in [1.165, 1.54) is 16.3 Å². The van der Waals surface area contributed by atoms with Crippen LogP contribution in [0.1, 0.15) is 12.0 Å². The van der Waals surface area contributed by atoms with Crippen molar-refractivity contribution in [1.29, 1.82) is 0 Å². The Labute approximate surface area is 173 Å². The molecule has 5 heteroatoms. The minimum absolute atomic E-state index is 0.